The Morgan fingerprint density at radius 1 is 1.03 bits per heavy atom. The first-order valence-electron chi connectivity index (χ1n) is 12.0. The number of urea groups is 1. The number of anilines is 1. The van der Waals surface area contributed by atoms with Gasteiger partial charge in [-0.2, -0.15) is 0 Å². The standard InChI is InChI=1S/C25H34ClN3O4/c1-25(2,3)33-24(31)29-21(17-8-5-4-6-9-17)16-22-20(10-7-15-32-22)28(29)23(30)27-19-13-11-18(26)12-14-19/h11-14,16-17,20-21H,4-10,15H2,1-3H3,(H,27,30)/t20-,21-/m1/s1. The number of carbonyl (C=O) groups is 2. The van der Waals surface area contributed by atoms with E-state index in [1.165, 1.54) is 11.4 Å². The number of amides is 3. The van der Waals surface area contributed by atoms with Crippen molar-refractivity contribution in [3.8, 4) is 0 Å². The van der Waals surface area contributed by atoms with E-state index < -0.39 is 11.7 Å². The first-order chi connectivity index (χ1) is 15.7. The van der Waals surface area contributed by atoms with Gasteiger partial charge < -0.3 is 14.8 Å². The summed E-state index contributed by atoms with van der Waals surface area (Å²) in [4.78, 5) is 27.2. The zero-order chi connectivity index (χ0) is 23.6. The van der Waals surface area contributed by atoms with Crippen LogP contribution >= 0.6 is 11.6 Å². The van der Waals surface area contributed by atoms with Gasteiger partial charge in [-0.15, -0.1) is 0 Å². The largest absolute Gasteiger partial charge is 0.496 e. The lowest BCUT2D eigenvalue weighted by atomic mass is 9.82. The van der Waals surface area contributed by atoms with Crippen LogP contribution in [0, 0.1) is 5.92 Å². The van der Waals surface area contributed by atoms with Gasteiger partial charge in [-0.25, -0.2) is 19.6 Å². The Kier molecular flexibility index (Phi) is 7.07. The fourth-order valence-corrected chi connectivity index (χ4v) is 5.05. The van der Waals surface area contributed by atoms with Gasteiger partial charge in [0, 0.05) is 10.7 Å². The number of nitrogens with one attached hydrogen (secondary N) is 1. The lowest BCUT2D eigenvalue weighted by molar-refractivity contribution is -0.0896. The third-order valence-corrected chi connectivity index (χ3v) is 6.63. The zero-order valence-electron chi connectivity index (χ0n) is 19.7. The molecule has 7 nitrogen and oxygen atoms in total. The Labute approximate surface area is 201 Å². The molecule has 0 spiro atoms. The summed E-state index contributed by atoms with van der Waals surface area (Å²) in [6.45, 7) is 6.15. The lowest BCUT2D eigenvalue weighted by Gasteiger charge is -2.50. The van der Waals surface area contributed by atoms with Crippen LogP contribution in [0.5, 0.6) is 0 Å². The number of ether oxygens (including phenoxy) is 2. The summed E-state index contributed by atoms with van der Waals surface area (Å²) in [5, 5.41) is 6.62. The third kappa shape index (κ3) is 5.57. The van der Waals surface area contributed by atoms with E-state index in [4.69, 9.17) is 21.1 Å². The minimum absolute atomic E-state index is 0.246. The first-order valence-corrected chi connectivity index (χ1v) is 12.3. The van der Waals surface area contributed by atoms with E-state index in [2.05, 4.69) is 11.4 Å². The molecule has 8 heteroatoms. The van der Waals surface area contributed by atoms with E-state index in [9.17, 15) is 9.59 Å². The van der Waals surface area contributed by atoms with Gasteiger partial charge in [-0.05, 0) is 82.7 Å². The molecule has 1 aliphatic carbocycles. The fourth-order valence-electron chi connectivity index (χ4n) is 4.92. The molecule has 180 valence electrons. The van der Waals surface area contributed by atoms with Gasteiger partial charge in [0.1, 0.15) is 17.4 Å². The quantitative estimate of drug-likeness (QED) is 0.540. The number of nitrogens with zero attached hydrogens (tertiary/aromatic N) is 2. The van der Waals surface area contributed by atoms with Gasteiger partial charge in [-0.3, -0.25) is 0 Å². The second kappa shape index (κ2) is 9.84. The molecule has 2 fully saturated rings. The second-order valence-electron chi connectivity index (χ2n) is 10.1. The van der Waals surface area contributed by atoms with Crippen LogP contribution in [0.15, 0.2) is 36.1 Å². The molecule has 2 atom stereocenters. The molecule has 0 aromatic heterocycles. The number of halogens is 1. The van der Waals surface area contributed by atoms with Crippen molar-refractivity contribution in [2.75, 3.05) is 11.9 Å². The summed E-state index contributed by atoms with van der Waals surface area (Å²) < 4.78 is 11.8. The normalized spacial score (nSPS) is 23.8. The average molecular weight is 476 g/mol. The van der Waals surface area contributed by atoms with Crippen LogP contribution in [-0.4, -0.2) is 46.4 Å². The number of hydrogen-bond acceptors (Lipinski definition) is 4. The van der Waals surface area contributed by atoms with E-state index in [-0.39, 0.29) is 24.0 Å². The minimum Gasteiger partial charge on any atom is -0.496 e. The first kappa shape index (κ1) is 23.7. The molecule has 1 aromatic rings. The van der Waals surface area contributed by atoms with Crippen LogP contribution in [0.25, 0.3) is 0 Å². The number of carbonyl (C=O) groups excluding carboxylic acids is 2. The molecule has 4 rings (SSSR count). The molecule has 1 saturated heterocycles. The minimum atomic E-state index is -0.681. The highest BCUT2D eigenvalue weighted by molar-refractivity contribution is 6.30. The summed E-state index contributed by atoms with van der Waals surface area (Å²) in [7, 11) is 0. The molecular weight excluding hydrogens is 442 g/mol. The highest BCUT2D eigenvalue weighted by Crippen LogP contribution is 2.38. The van der Waals surface area contributed by atoms with Gasteiger partial charge >= 0.3 is 12.1 Å². The summed E-state index contributed by atoms with van der Waals surface area (Å²) in [6.07, 6.45) is 8.53. The van der Waals surface area contributed by atoms with E-state index in [0.29, 0.717) is 17.3 Å². The predicted octanol–water partition coefficient (Wildman–Crippen LogP) is 6.35. The SMILES string of the molecule is CC(C)(C)OC(=O)N1[C@@H](C2CCCCC2)C=C2OCCC[C@H]2N1C(=O)Nc1ccc(Cl)cc1. The number of hydrazine groups is 1. The van der Waals surface area contributed by atoms with Crippen molar-refractivity contribution >= 4 is 29.4 Å². The molecule has 33 heavy (non-hydrogen) atoms. The van der Waals surface area contributed by atoms with Gasteiger partial charge in [0.25, 0.3) is 0 Å². The number of benzene rings is 1. The van der Waals surface area contributed by atoms with Crippen molar-refractivity contribution in [1.29, 1.82) is 0 Å². The Hall–Kier alpha value is -2.41. The van der Waals surface area contributed by atoms with Crippen LogP contribution in [0.2, 0.25) is 5.02 Å². The van der Waals surface area contributed by atoms with Gasteiger partial charge in [0.05, 0.1) is 12.6 Å². The van der Waals surface area contributed by atoms with Crippen molar-refractivity contribution < 1.29 is 19.1 Å². The molecule has 1 aromatic carbocycles. The van der Waals surface area contributed by atoms with Crippen LogP contribution in [0.1, 0.15) is 65.7 Å². The maximum atomic E-state index is 13.7. The van der Waals surface area contributed by atoms with E-state index >= 15 is 0 Å². The fraction of sp³-hybridized carbons (Fsp3) is 0.600. The lowest BCUT2D eigenvalue weighted by Crippen LogP contribution is -2.65. The summed E-state index contributed by atoms with van der Waals surface area (Å²) in [5.41, 5.74) is -0.0739. The molecule has 0 radical (unpaired) electrons. The maximum absolute atomic E-state index is 13.7. The van der Waals surface area contributed by atoms with E-state index in [1.54, 1.807) is 29.3 Å². The van der Waals surface area contributed by atoms with Crippen molar-refractivity contribution in [1.82, 2.24) is 10.0 Å². The van der Waals surface area contributed by atoms with Crippen LogP contribution in [-0.2, 0) is 9.47 Å². The van der Waals surface area contributed by atoms with Crippen LogP contribution in [0.3, 0.4) is 0 Å². The highest BCUT2D eigenvalue weighted by atomic mass is 35.5. The molecule has 3 aliphatic rings. The van der Waals surface area contributed by atoms with Crippen LogP contribution in [0.4, 0.5) is 15.3 Å². The number of hydrogen-bond donors (Lipinski definition) is 1. The smallest absolute Gasteiger partial charge is 0.430 e. The van der Waals surface area contributed by atoms with E-state index in [1.807, 2.05) is 20.8 Å². The Morgan fingerprint density at radius 3 is 2.39 bits per heavy atom. The van der Waals surface area contributed by atoms with Crippen molar-refractivity contribution in [2.45, 2.75) is 83.4 Å². The van der Waals surface area contributed by atoms with E-state index in [0.717, 1.165) is 44.3 Å². The van der Waals surface area contributed by atoms with Crippen molar-refractivity contribution in [2.24, 2.45) is 5.92 Å². The molecular formula is C25H34ClN3O4. The summed E-state index contributed by atoms with van der Waals surface area (Å²) in [5.74, 6) is 1.03. The predicted molar refractivity (Wildman–Crippen MR) is 128 cm³/mol. The number of rotatable bonds is 2. The summed E-state index contributed by atoms with van der Waals surface area (Å²) in [6, 6.07) is 5.91. The summed E-state index contributed by atoms with van der Waals surface area (Å²) >= 11 is 6.00. The molecule has 2 heterocycles. The van der Waals surface area contributed by atoms with Gasteiger partial charge in [-0.1, -0.05) is 30.9 Å². The molecule has 3 amide bonds. The molecule has 1 saturated carbocycles. The van der Waals surface area contributed by atoms with Gasteiger partial charge in [0.2, 0.25) is 0 Å². The molecule has 0 unspecified atom stereocenters. The van der Waals surface area contributed by atoms with Gasteiger partial charge in [0.15, 0.2) is 0 Å². The van der Waals surface area contributed by atoms with Crippen LogP contribution < -0.4 is 5.32 Å². The molecule has 2 aliphatic heterocycles. The average Bonchev–Trinajstić information content (AvgIpc) is 2.78. The molecule has 0 bridgehead atoms. The monoisotopic (exact) mass is 475 g/mol. The topological polar surface area (TPSA) is 71.1 Å². The highest BCUT2D eigenvalue weighted by Gasteiger charge is 2.47. The third-order valence-electron chi connectivity index (χ3n) is 6.38. The zero-order valence-corrected chi connectivity index (χ0v) is 20.4. The maximum Gasteiger partial charge on any atom is 0.430 e. The van der Waals surface area contributed by atoms with Crippen molar-refractivity contribution in [3.05, 3.63) is 41.1 Å². The Bertz CT molecular complexity index is 890. The Morgan fingerprint density at radius 2 is 1.73 bits per heavy atom. The van der Waals surface area contributed by atoms with Crippen molar-refractivity contribution in [3.63, 3.8) is 0 Å². The second-order valence-corrected chi connectivity index (χ2v) is 10.5. The number of fused-ring (bicyclic) bond motifs is 1. The molecule has 1 N–H and O–H groups in total. The Balaban J connectivity index is 1.71.